The fourth-order valence-electron chi connectivity index (χ4n) is 0.900. The molecule has 1 heterocycles. The Morgan fingerprint density at radius 2 is 2.29 bits per heavy atom. The molecule has 0 saturated carbocycles. The number of pyridine rings is 1. The van der Waals surface area contributed by atoms with Gasteiger partial charge >= 0.3 is 0 Å². The van der Waals surface area contributed by atoms with Crippen LogP contribution in [0.5, 0.6) is 0 Å². The van der Waals surface area contributed by atoms with Crippen molar-refractivity contribution < 1.29 is 4.74 Å². The minimum Gasteiger partial charge on any atom is -0.382 e. The summed E-state index contributed by atoms with van der Waals surface area (Å²) in [5.41, 5.74) is 0.769. The third kappa shape index (κ3) is 3.52. The second kappa shape index (κ2) is 4.62. The highest BCUT2D eigenvalue weighted by Crippen LogP contribution is 2.14. The minimum absolute atomic E-state index is 0.185. The van der Waals surface area contributed by atoms with Gasteiger partial charge in [-0.1, -0.05) is 11.6 Å². The van der Waals surface area contributed by atoms with E-state index in [1.54, 1.807) is 19.4 Å². The van der Waals surface area contributed by atoms with Crippen LogP contribution in [0.2, 0.25) is 5.15 Å². The lowest BCUT2D eigenvalue weighted by Gasteiger charge is -2.23. The van der Waals surface area contributed by atoms with Gasteiger partial charge in [0.15, 0.2) is 0 Å². The van der Waals surface area contributed by atoms with Crippen molar-refractivity contribution in [1.82, 2.24) is 4.98 Å². The Morgan fingerprint density at radius 1 is 1.57 bits per heavy atom. The van der Waals surface area contributed by atoms with Crippen LogP contribution in [0.25, 0.3) is 0 Å². The average molecular weight is 215 g/mol. The molecule has 0 saturated heterocycles. The predicted molar refractivity (Wildman–Crippen MR) is 58.8 cm³/mol. The molecule has 0 spiro atoms. The molecule has 78 valence electrons. The van der Waals surface area contributed by atoms with Crippen LogP contribution in [0.1, 0.15) is 13.8 Å². The molecule has 1 rings (SSSR count). The van der Waals surface area contributed by atoms with Gasteiger partial charge in [-0.05, 0) is 26.0 Å². The molecule has 0 aromatic carbocycles. The Hall–Kier alpha value is -0.800. The molecule has 1 aromatic rings. The number of hydrogen-bond acceptors (Lipinski definition) is 3. The van der Waals surface area contributed by atoms with Crippen molar-refractivity contribution in [3.63, 3.8) is 0 Å². The van der Waals surface area contributed by atoms with E-state index in [4.69, 9.17) is 16.3 Å². The first-order valence-electron chi connectivity index (χ1n) is 4.44. The second-order valence-corrected chi connectivity index (χ2v) is 4.07. The summed E-state index contributed by atoms with van der Waals surface area (Å²) >= 11 is 5.75. The van der Waals surface area contributed by atoms with Gasteiger partial charge in [-0.15, -0.1) is 0 Å². The molecular formula is C10H15ClN2O. The molecule has 4 heteroatoms. The summed E-state index contributed by atoms with van der Waals surface area (Å²) < 4.78 is 5.28. The lowest BCUT2D eigenvalue weighted by Crippen LogP contribution is -2.32. The molecule has 0 aliphatic carbocycles. The van der Waals surface area contributed by atoms with Gasteiger partial charge in [-0.3, -0.25) is 0 Å². The van der Waals surface area contributed by atoms with Gasteiger partial charge in [0, 0.05) is 25.5 Å². The Bertz CT molecular complexity index is 302. The summed E-state index contributed by atoms with van der Waals surface area (Å²) in [6.45, 7) is 4.76. The predicted octanol–water partition coefficient (Wildman–Crippen LogP) is 2.57. The summed E-state index contributed by atoms with van der Waals surface area (Å²) in [6, 6.07) is 3.66. The molecule has 14 heavy (non-hydrogen) atoms. The number of anilines is 1. The summed E-state index contributed by atoms with van der Waals surface area (Å²) in [4.78, 5) is 3.90. The Morgan fingerprint density at radius 3 is 2.86 bits per heavy atom. The van der Waals surface area contributed by atoms with Crippen molar-refractivity contribution in [3.05, 3.63) is 23.5 Å². The molecule has 0 fully saturated rings. The Kier molecular flexibility index (Phi) is 3.72. The lowest BCUT2D eigenvalue weighted by atomic mass is 10.1. The number of nitrogens with one attached hydrogen (secondary N) is 1. The van der Waals surface area contributed by atoms with E-state index in [0.717, 1.165) is 12.2 Å². The van der Waals surface area contributed by atoms with Gasteiger partial charge in [0.25, 0.3) is 0 Å². The van der Waals surface area contributed by atoms with E-state index in [0.29, 0.717) is 5.15 Å². The van der Waals surface area contributed by atoms with Gasteiger partial charge in [-0.25, -0.2) is 4.98 Å². The van der Waals surface area contributed by atoms with E-state index in [9.17, 15) is 0 Å². The standard InChI is InChI=1S/C10H15ClN2O/c1-10(2,14-3)7-13-8-4-5-12-9(11)6-8/h4-6H,7H2,1-3H3,(H,12,13). The number of hydrogen-bond donors (Lipinski definition) is 1. The molecule has 1 aromatic heterocycles. The van der Waals surface area contributed by atoms with Crippen molar-refractivity contribution >= 4 is 17.3 Å². The first-order valence-corrected chi connectivity index (χ1v) is 4.82. The summed E-state index contributed by atoms with van der Waals surface area (Å²) in [5.74, 6) is 0. The quantitative estimate of drug-likeness (QED) is 0.783. The number of aromatic nitrogens is 1. The van der Waals surface area contributed by atoms with Gasteiger partial charge in [0.05, 0.1) is 5.60 Å². The van der Waals surface area contributed by atoms with Gasteiger partial charge in [-0.2, -0.15) is 0 Å². The molecule has 0 bridgehead atoms. The van der Waals surface area contributed by atoms with Crippen LogP contribution in [0.3, 0.4) is 0 Å². The fraction of sp³-hybridized carbons (Fsp3) is 0.500. The van der Waals surface area contributed by atoms with Crippen molar-refractivity contribution in [2.24, 2.45) is 0 Å². The third-order valence-corrected chi connectivity index (χ3v) is 2.20. The number of rotatable bonds is 4. The van der Waals surface area contributed by atoms with Crippen molar-refractivity contribution in [2.75, 3.05) is 19.0 Å². The number of ether oxygens (including phenoxy) is 1. The molecule has 1 N–H and O–H groups in total. The van der Waals surface area contributed by atoms with Crippen molar-refractivity contribution in [1.29, 1.82) is 0 Å². The minimum atomic E-state index is -0.185. The van der Waals surface area contributed by atoms with E-state index in [1.807, 2.05) is 19.9 Å². The van der Waals surface area contributed by atoms with E-state index in [2.05, 4.69) is 10.3 Å². The summed E-state index contributed by atoms with van der Waals surface area (Å²) in [6.07, 6.45) is 1.67. The van der Waals surface area contributed by atoms with Crippen molar-refractivity contribution in [2.45, 2.75) is 19.4 Å². The first-order chi connectivity index (χ1) is 6.53. The van der Waals surface area contributed by atoms with Crippen LogP contribution in [-0.4, -0.2) is 24.2 Å². The largest absolute Gasteiger partial charge is 0.382 e. The van der Waals surface area contributed by atoms with Gasteiger partial charge < -0.3 is 10.1 Å². The van der Waals surface area contributed by atoms with Crippen molar-refractivity contribution in [3.8, 4) is 0 Å². The topological polar surface area (TPSA) is 34.1 Å². The highest BCUT2D eigenvalue weighted by atomic mass is 35.5. The van der Waals surface area contributed by atoms with E-state index >= 15 is 0 Å². The van der Waals surface area contributed by atoms with E-state index in [1.165, 1.54) is 0 Å². The zero-order valence-electron chi connectivity index (χ0n) is 8.67. The number of nitrogens with zero attached hydrogens (tertiary/aromatic N) is 1. The third-order valence-electron chi connectivity index (χ3n) is 2.00. The molecule has 0 amide bonds. The molecule has 0 unspecified atom stereocenters. The Balaban J connectivity index is 2.54. The maximum Gasteiger partial charge on any atom is 0.131 e. The van der Waals surface area contributed by atoms with Crippen LogP contribution in [0, 0.1) is 0 Å². The number of methoxy groups -OCH3 is 1. The van der Waals surface area contributed by atoms with E-state index < -0.39 is 0 Å². The van der Waals surface area contributed by atoms with Gasteiger partial charge in [0.1, 0.15) is 5.15 Å². The summed E-state index contributed by atoms with van der Waals surface area (Å²) in [5, 5.41) is 3.72. The van der Waals surface area contributed by atoms with Crippen LogP contribution in [0.15, 0.2) is 18.3 Å². The second-order valence-electron chi connectivity index (χ2n) is 3.68. The maximum atomic E-state index is 5.75. The molecule has 3 nitrogen and oxygen atoms in total. The van der Waals surface area contributed by atoms with Gasteiger partial charge in [0.2, 0.25) is 0 Å². The Labute approximate surface area is 89.4 Å². The van der Waals surface area contributed by atoms with Crippen LogP contribution in [0.4, 0.5) is 5.69 Å². The van der Waals surface area contributed by atoms with E-state index in [-0.39, 0.29) is 5.60 Å². The molecule has 0 aliphatic heterocycles. The SMILES string of the molecule is COC(C)(C)CNc1ccnc(Cl)c1. The normalized spacial score (nSPS) is 11.4. The highest BCUT2D eigenvalue weighted by Gasteiger charge is 2.15. The fourth-order valence-corrected chi connectivity index (χ4v) is 1.07. The first kappa shape index (κ1) is 11.3. The van der Waals surface area contributed by atoms with Crippen LogP contribution >= 0.6 is 11.6 Å². The monoisotopic (exact) mass is 214 g/mol. The molecule has 0 aliphatic rings. The molecule has 0 atom stereocenters. The highest BCUT2D eigenvalue weighted by molar-refractivity contribution is 6.29. The smallest absolute Gasteiger partial charge is 0.131 e. The maximum absolute atomic E-state index is 5.75. The van der Waals surface area contributed by atoms with Crippen LogP contribution in [-0.2, 0) is 4.74 Å². The molecular weight excluding hydrogens is 200 g/mol. The lowest BCUT2D eigenvalue weighted by molar-refractivity contribution is 0.0344. The number of halogens is 1. The summed E-state index contributed by atoms with van der Waals surface area (Å²) in [7, 11) is 1.70. The molecule has 0 radical (unpaired) electrons. The average Bonchev–Trinajstić information content (AvgIpc) is 2.15. The van der Waals surface area contributed by atoms with Crippen LogP contribution < -0.4 is 5.32 Å². The zero-order chi connectivity index (χ0) is 10.6. The zero-order valence-corrected chi connectivity index (χ0v) is 9.43.